The van der Waals surface area contributed by atoms with Crippen LogP contribution in [0.3, 0.4) is 0 Å². The Kier molecular flexibility index (Phi) is 5.74. The molecule has 0 aliphatic rings. The van der Waals surface area contributed by atoms with Gasteiger partial charge >= 0.3 is 12.3 Å². The van der Waals surface area contributed by atoms with E-state index in [-0.39, 0.29) is 11.7 Å². The van der Waals surface area contributed by atoms with Crippen molar-refractivity contribution in [1.82, 2.24) is 9.97 Å². The molecule has 0 aromatic carbocycles. The van der Waals surface area contributed by atoms with Gasteiger partial charge in [0, 0.05) is 18.0 Å². The second-order valence-electron chi connectivity index (χ2n) is 5.00. The van der Waals surface area contributed by atoms with E-state index in [1.54, 1.807) is 6.92 Å². The van der Waals surface area contributed by atoms with E-state index in [0.717, 1.165) is 0 Å². The highest BCUT2D eigenvalue weighted by Gasteiger charge is 2.40. The molecule has 0 saturated heterocycles. The minimum absolute atomic E-state index is 0.0147. The molecule has 1 heterocycles. The molecule has 0 saturated carbocycles. The first-order valence-electron chi connectivity index (χ1n) is 6.71. The number of alkyl halides is 4. The third-order valence-corrected chi connectivity index (χ3v) is 2.83. The monoisotopic (exact) mass is 308 g/mol. The van der Waals surface area contributed by atoms with Crippen LogP contribution < -0.4 is 10.6 Å². The molecule has 1 aromatic heterocycles. The quantitative estimate of drug-likeness (QED) is 0.755. The van der Waals surface area contributed by atoms with Crippen LogP contribution in [0.1, 0.15) is 38.1 Å². The van der Waals surface area contributed by atoms with Gasteiger partial charge in [0.2, 0.25) is 0 Å². The molecule has 2 N–H and O–H groups in total. The van der Waals surface area contributed by atoms with Crippen molar-refractivity contribution in [2.45, 2.75) is 46.0 Å². The molecule has 0 aliphatic carbocycles. The van der Waals surface area contributed by atoms with E-state index in [9.17, 15) is 17.6 Å². The van der Waals surface area contributed by atoms with Gasteiger partial charge in [0.25, 0.3) is 0 Å². The van der Waals surface area contributed by atoms with Crippen LogP contribution in [0, 0.1) is 6.92 Å². The Balaban J connectivity index is 3.05. The Labute approximate surface area is 121 Å². The Bertz CT molecular complexity index is 477. The smallest absolute Gasteiger partial charge is 0.324 e. The van der Waals surface area contributed by atoms with Gasteiger partial charge in [0.05, 0.1) is 6.54 Å². The largest absolute Gasteiger partial charge is 0.370 e. The summed E-state index contributed by atoms with van der Waals surface area (Å²) in [4.78, 5) is 8.44. The number of hydrogen-bond donors (Lipinski definition) is 2. The average molecular weight is 308 g/mol. The number of aromatic nitrogens is 2. The number of nitrogens with one attached hydrogen (secondary N) is 2. The summed E-state index contributed by atoms with van der Waals surface area (Å²) in [6.45, 7) is 6.66. The fourth-order valence-corrected chi connectivity index (χ4v) is 1.58. The molecule has 0 fully saturated rings. The van der Waals surface area contributed by atoms with Crippen molar-refractivity contribution in [3.8, 4) is 0 Å². The predicted molar refractivity (Wildman–Crippen MR) is 74.5 cm³/mol. The lowest BCUT2D eigenvalue weighted by Gasteiger charge is -2.19. The third-order valence-electron chi connectivity index (χ3n) is 2.83. The molecule has 0 radical (unpaired) electrons. The molecular formula is C13H20F4N4. The van der Waals surface area contributed by atoms with E-state index in [2.05, 4.69) is 20.6 Å². The SMILES string of the molecule is CCNc1nc(C(C)C)nc(NCC(F)(F)C(F)F)c1C. The Morgan fingerprint density at radius 2 is 1.62 bits per heavy atom. The summed E-state index contributed by atoms with van der Waals surface area (Å²) in [6, 6.07) is 0. The molecule has 120 valence electrons. The van der Waals surface area contributed by atoms with Crippen LogP contribution in [0.25, 0.3) is 0 Å². The molecule has 8 heteroatoms. The molecule has 0 unspecified atom stereocenters. The second kappa shape index (κ2) is 6.91. The zero-order chi connectivity index (χ0) is 16.2. The molecule has 0 bridgehead atoms. The summed E-state index contributed by atoms with van der Waals surface area (Å²) in [5.41, 5.74) is 0.520. The first-order chi connectivity index (χ1) is 9.69. The summed E-state index contributed by atoms with van der Waals surface area (Å²) >= 11 is 0. The summed E-state index contributed by atoms with van der Waals surface area (Å²) in [7, 11) is 0. The van der Waals surface area contributed by atoms with Crippen molar-refractivity contribution in [3.63, 3.8) is 0 Å². The maximum Gasteiger partial charge on any atom is 0.324 e. The van der Waals surface area contributed by atoms with Crippen molar-refractivity contribution in [1.29, 1.82) is 0 Å². The predicted octanol–water partition coefficient (Wildman–Crippen LogP) is 3.65. The zero-order valence-corrected chi connectivity index (χ0v) is 12.5. The van der Waals surface area contributed by atoms with Gasteiger partial charge in [-0.3, -0.25) is 0 Å². The van der Waals surface area contributed by atoms with Gasteiger partial charge in [-0.05, 0) is 13.8 Å². The van der Waals surface area contributed by atoms with Gasteiger partial charge in [-0.15, -0.1) is 0 Å². The molecule has 1 rings (SSSR count). The minimum atomic E-state index is -4.10. The number of nitrogens with zero attached hydrogens (tertiary/aromatic N) is 2. The van der Waals surface area contributed by atoms with Gasteiger partial charge in [-0.1, -0.05) is 13.8 Å². The topological polar surface area (TPSA) is 49.8 Å². The summed E-state index contributed by atoms with van der Waals surface area (Å²) in [5.74, 6) is -3.00. The van der Waals surface area contributed by atoms with Crippen molar-refractivity contribution in [2.75, 3.05) is 23.7 Å². The normalized spacial score (nSPS) is 12.1. The molecule has 0 amide bonds. The maximum absolute atomic E-state index is 13.0. The van der Waals surface area contributed by atoms with E-state index in [1.165, 1.54) is 0 Å². The Morgan fingerprint density at radius 3 is 2.05 bits per heavy atom. The highest BCUT2D eigenvalue weighted by molar-refractivity contribution is 5.57. The van der Waals surface area contributed by atoms with Gasteiger partial charge in [-0.25, -0.2) is 18.7 Å². The van der Waals surface area contributed by atoms with Crippen LogP contribution >= 0.6 is 0 Å². The molecular weight excluding hydrogens is 288 g/mol. The number of anilines is 2. The first-order valence-corrected chi connectivity index (χ1v) is 6.71. The van der Waals surface area contributed by atoms with Crippen molar-refractivity contribution in [2.24, 2.45) is 0 Å². The lowest BCUT2D eigenvalue weighted by molar-refractivity contribution is -0.117. The Hall–Kier alpha value is -1.60. The fraction of sp³-hybridized carbons (Fsp3) is 0.692. The van der Waals surface area contributed by atoms with Crippen LogP contribution in [0.2, 0.25) is 0 Å². The maximum atomic E-state index is 13.0. The molecule has 4 nitrogen and oxygen atoms in total. The number of halogens is 4. The van der Waals surface area contributed by atoms with Crippen molar-refractivity contribution < 1.29 is 17.6 Å². The van der Waals surface area contributed by atoms with Crippen molar-refractivity contribution in [3.05, 3.63) is 11.4 Å². The highest BCUT2D eigenvalue weighted by Crippen LogP contribution is 2.26. The average Bonchev–Trinajstić information content (AvgIpc) is 2.39. The van der Waals surface area contributed by atoms with Crippen LogP contribution in [-0.4, -0.2) is 35.4 Å². The van der Waals surface area contributed by atoms with Crippen LogP contribution in [-0.2, 0) is 0 Å². The molecule has 0 aliphatic heterocycles. The molecule has 21 heavy (non-hydrogen) atoms. The highest BCUT2D eigenvalue weighted by atomic mass is 19.3. The number of hydrogen-bond acceptors (Lipinski definition) is 4. The lowest BCUT2D eigenvalue weighted by atomic mass is 10.2. The van der Waals surface area contributed by atoms with Crippen molar-refractivity contribution >= 4 is 11.6 Å². The van der Waals surface area contributed by atoms with Gasteiger partial charge in [0.15, 0.2) is 0 Å². The summed E-state index contributed by atoms with van der Waals surface area (Å²) in [5, 5.41) is 5.31. The van der Waals surface area contributed by atoms with E-state index < -0.39 is 18.9 Å². The number of rotatable bonds is 7. The van der Waals surface area contributed by atoms with E-state index in [1.807, 2.05) is 20.8 Å². The van der Waals surface area contributed by atoms with Gasteiger partial charge < -0.3 is 10.6 Å². The Morgan fingerprint density at radius 1 is 1.10 bits per heavy atom. The molecule has 0 atom stereocenters. The summed E-state index contributed by atoms with van der Waals surface area (Å²) < 4.78 is 50.4. The van der Waals surface area contributed by atoms with Crippen LogP contribution in [0.15, 0.2) is 0 Å². The standard InChI is InChI=1S/C13H20F4N4/c1-5-18-10-8(4)11(21-9(20-10)7(2)3)19-6-13(16,17)12(14)15/h7,12H,5-6H2,1-4H3,(H2,18,19,20,21). The molecule has 0 spiro atoms. The minimum Gasteiger partial charge on any atom is -0.370 e. The van der Waals surface area contributed by atoms with Gasteiger partial charge in [0.1, 0.15) is 17.5 Å². The van der Waals surface area contributed by atoms with E-state index in [4.69, 9.17) is 0 Å². The van der Waals surface area contributed by atoms with E-state index >= 15 is 0 Å². The summed E-state index contributed by atoms with van der Waals surface area (Å²) in [6.07, 6.45) is -3.72. The first kappa shape index (κ1) is 17.5. The third kappa shape index (κ3) is 4.44. The molecule has 1 aromatic rings. The zero-order valence-electron chi connectivity index (χ0n) is 12.5. The van der Waals surface area contributed by atoms with Crippen LogP contribution in [0.4, 0.5) is 29.2 Å². The van der Waals surface area contributed by atoms with Crippen LogP contribution in [0.5, 0.6) is 0 Å². The van der Waals surface area contributed by atoms with Gasteiger partial charge in [-0.2, -0.15) is 8.78 Å². The fourth-order valence-electron chi connectivity index (χ4n) is 1.58. The lowest BCUT2D eigenvalue weighted by Crippen LogP contribution is -2.35. The second-order valence-corrected chi connectivity index (χ2v) is 5.00. The van der Waals surface area contributed by atoms with E-state index in [0.29, 0.717) is 23.8 Å².